The first kappa shape index (κ1) is 24.9. The number of thioether (sulfide) groups is 1. The van der Waals surface area contributed by atoms with Crippen molar-refractivity contribution in [2.75, 3.05) is 11.9 Å². The summed E-state index contributed by atoms with van der Waals surface area (Å²) in [6, 6.07) is 33.1. The molecule has 2 nitrogen and oxygen atoms in total. The molecule has 1 aliphatic heterocycles. The molecule has 0 bridgehead atoms. The van der Waals surface area contributed by atoms with Gasteiger partial charge in [0, 0.05) is 6.21 Å². The summed E-state index contributed by atoms with van der Waals surface area (Å²) in [4.78, 5) is 9.72. The molecule has 4 rings (SSSR count). The van der Waals surface area contributed by atoms with Crippen molar-refractivity contribution in [2.45, 2.75) is 31.7 Å². The molecule has 0 N–H and O–H groups in total. The highest BCUT2D eigenvalue weighted by molar-refractivity contribution is 8.02. The largest absolute Gasteiger partial charge is 1.00 e. The second-order valence-electron chi connectivity index (χ2n) is 7.93. The van der Waals surface area contributed by atoms with Crippen LogP contribution in [0.4, 0.5) is 0 Å². The van der Waals surface area contributed by atoms with Gasteiger partial charge in [0.1, 0.15) is 29.3 Å². The van der Waals surface area contributed by atoms with Crippen LogP contribution in [0.2, 0.25) is 0 Å². The van der Waals surface area contributed by atoms with E-state index in [4.69, 9.17) is 9.98 Å². The third-order valence-electron chi connectivity index (χ3n) is 5.67. The van der Waals surface area contributed by atoms with E-state index in [1.165, 1.54) is 28.8 Å². The van der Waals surface area contributed by atoms with Gasteiger partial charge in [0.15, 0.2) is 0 Å². The highest BCUT2D eigenvalue weighted by atomic mass is 79.9. The first-order valence-corrected chi connectivity index (χ1v) is 13.9. The van der Waals surface area contributed by atoms with Gasteiger partial charge in [-0.2, -0.15) is 0 Å². The van der Waals surface area contributed by atoms with E-state index < -0.39 is 12.3 Å². The molecule has 5 heteroatoms. The van der Waals surface area contributed by atoms with E-state index >= 15 is 0 Å². The number of nitrogens with zero attached hydrogens (tertiary/aromatic N) is 2. The number of halogens is 1. The third kappa shape index (κ3) is 5.25. The number of benzene rings is 3. The van der Waals surface area contributed by atoms with Crippen LogP contribution in [0.3, 0.4) is 0 Å². The highest BCUT2D eigenvalue weighted by Crippen LogP contribution is 2.60. The average Bonchev–Trinajstić information content (AvgIpc) is 3.20. The molecule has 1 unspecified atom stereocenters. The Bertz CT molecular complexity index is 944. The van der Waals surface area contributed by atoms with Gasteiger partial charge in [0.2, 0.25) is 4.99 Å². The Hall–Kier alpha value is -1.74. The molecule has 32 heavy (non-hydrogen) atoms. The lowest BCUT2D eigenvalue weighted by atomic mass is 10.4. The zero-order valence-electron chi connectivity index (χ0n) is 18.7. The Labute approximate surface area is 207 Å². The Morgan fingerprint density at radius 2 is 1.25 bits per heavy atom. The number of unbranched alkanes of at least 4 members (excludes halogenated alkanes) is 1. The lowest BCUT2D eigenvalue weighted by Gasteiger charge is -2.33. The number of hydrogen-bond donors (Lipinski definition) is 0. The van der Waals surface area contributed by atoms with Crippen LogP contribution in [-0.4, -0.2) is 28.8 Å². The molecule has 0 radical (unpaired) electrons. The fourth-order valence-electron chi connectivity index (χ4n) is 4.18. The van der Waals surface area contributed by atoms with Gasteiger partial charge in [-0.05, 0) is 55.5 Å². The first-order valence-electron chi connectivity index (χ1n) is 11.0. The van der Waals surface area contributed by atoms with E-state index in [0.29, 0.717) is 0 Å². The Morgan fingerprint density at radius 3 is 1.62 bits per heavy atom. The fraction of sp³-hybridized carbons (Fsp3) is 0.259. The SMILES string of the molecule is CCCCSC1(C[P+](c2ccccc2)(c2ccccc2)c2ccccc2)N=CC(C)=N1.[Br-]. The quantitative estimate of drug-likeness (QED) is 0.312. The maximum absolute atomic E-state index is 5.14. The van der Waals surface area contributed by atoms with E-state index in [0.717, 1.165) is 17.6 Å². The first-order chi connectivity index (χ1) is 15.2. The zero-order chi connectivity index (χ0) is 21.6. The minimum Gasteiger partial charge on any atom is -1.00 e. The maximum atomic E-state index is 5.14. The molecule has 0 spiro atoms. The third-order valence-corrected chi connectivity index (χ3v) is 11.6. The van der Waals surface area contributed by atoms with Crippen LogP contribution in [0, 0.1) is 0 Å². The van der Waals surface area contributed by atoms with Crippen molar-refractivity contribution in [1.82, 2.24) is 0 Å². The van der Waals surface area contributed by atoms with Crippen molar-refractivity contribution < 1.29 is 17.0 Å². The van der Waals surface area contributed by atoms with Crippen LogP contribution < -0.4 is 32.9 Å². The maximum Gasteiger partial charge on any atom is 0.232 e. The molecule has 3 aromatic carbocycles. The summed E-state index contributed by atoms with van der Waals surface area (Å²) >= 11 is 1.91. The summed E-state index contributed by atoms with van der Waals surface area (Å²) in [5.41, 5.74) is 1.02. The number of aliphatic imine (C=N–C) groups is 2. The summed E-state index contributed by atoms with van der Waals surface area (Å²) in [6.45, 7) is 4.31. The van der Waals surface area contributed by atoms with Crippen LogP contribution in [0.15, 0.2) is 101 Å². The van der Waals surface area contributed by atoms with Crippen LogP contribution in [0.5, 0.6) is 0 Å². The van der Waals surface area contributed by atoms with Crippen LogP contribution in [-0.2, 0) is 0 Å². The zero-order valence-corrected chi connectivity index (χ0v) is 22.0. The normalized spacial score (nSPS) is 17.6. The molecular formula is C27H30BrN2PS. The molecule has 0 aromatic heterocycles. The van der Waals surface area contributed by atoms with E-state index in [1.807, 2.05) is 18.0 Å². The predicted molar refractivity (Wildman–Crippen MR) is 142 cm³/mol. The Morgan fingerprint density at radius 1 is 0.781 bits per heavy atom. The van der Waals surface area contributed by atoms with Gasteiger partial charge in [-0.15, -0.1) is 11.8 Å². The Kier molecular flexibility index (Phi) is 8.87. The van der Waals surface area contributed by atoms with Crippen molar-refractivity contribution >= 4 is 46.9 Å². The van der Waals surface area contributed by atoms with Crippen molar-refractivity contribution in [2.24, 2.45) is 9.98 Å². The molecule has 0 fully saturated rings. The minimum atomic E-state index is -1.98. The van der Waals surface area contributed by atoms with Gasteiger partial charge >= 0.3 is 0 Å². The van der Waals surface area contributed by atoms with Gasteiger partial charge in [-0.25, -0.2) is 9.98 Å². The molecule has 1 heterocycles. The molecule has 166 valence electrons. The van der Waals surface area contributed by atoms with Gasteiger partial charge in [0.25, 0.3) is 0 Å². The molecule has 0 saturated carbocycles. The standard InChI is InChI=1S/C27H30N2PS.BrH/c1-3-4-20-31-27(28-21-23(2)29-27)22-30(24-14-8-5-9-15-24,25-16-10-6-11-17-25)26-18-12-7-13-19-26;/h5-19,21H,3-4,20,22H2,1-2H3;1H/q+1;/p-1. The van der Waals surface area contributed by atoms with E-state index in [9.17, 15) is 0 Å². The van der Waals surface area contributed by atoms with Crippen molar-refractivity contribution in [3.05, 3.63) is 91.0 Å². The molecule has 3 aromatic rings. The molecule has 1 aliphatic rings. The summed E-state index contributed by atoms with van der Waals surface area (Å²) in [5.74, 6) is 1.07. The van der Waals surface area contributed by atoms with Gasteiger partial charge in [-0.1, -0.05) is 67.9 Å². The van der Waals surface area contributed by atoms with Gasteiger partial charge < -0.3 is 17.0 Å². The lowest BCUT2D eigenvalue weighted by Crippen LogP contribution is -3.00. The lowest BCUT2D eigenvalue weighted by molar-refractivity contribution is -0.00000633. The van der Waals surface area contributed by atoms with E-state index in [2.05, 4.69) is 105 Å². The minimum absolute atomic E-state index is 0. The summed E-state index contributed by atoms with van der Waals surface area (Å²) < 4.78 is 0. The number of rotatable bonds is 9. The Balaban J connectivity index is 0.00000289. The van der Waals surface area contributed by atoms with Gasteiger partial charge in [0.05, 0.1) is 5.71 Å². The summed E-state index contributed by atoms with van der Waals surface area (Å²) in [5, 5.41) is 4.16. The smallest absolute Gasteiger partial charge is 0.232 e. The molecule has 0 aliphatic carbocycles. The van der Waals surface area contributed by atoms with Crippen molar-refractivity contribution in [3.8, 4) is 0 Å². The summed E-state index contributed by atoms with van der Waals surface area (Å²) in [7, 11) is -1.98. The van der Waals surface area contributed by atoms with E-state index in [1.54, 1.807) is 0 Å². The summed E-state index contributed by atoms with van der Waals surface area (Å²) in [6.07, 6.45) is 5.23. The van der Waals surface area contributed by atoms with Crippen LogP contribution in [0.1, 0.15) is 26.7 Å². The molecule has 0 saturated heterocycles. The molecular weight excluding hydrogens is 495 g/mol. The van der Waals surface area contributed by atoms with Crippen LogP contribution >= 0.6 is 19.0 Å². The highest BCUT2D eigenvalue weighted by Gasteiger charge is 2.53. The topological polar surface area (TPSA) is 24.7 Å². The average molecular weight is 525 g/mol. The molecule has 0 amide bonds. The van der Waals surface area contributed by atoms with E-state index in [-0.39, 0.29) is 17.0 Å². The number of hydrogen-bond acceptors (Lipinski definition) is 3. The van der Waals surface area contributed by atoms with Crippen molar-refractivity contribution in [1.29, 1.82) is 0 Å². The molecule has 1 atom stereocenters. The monoisotopic (exact) mass is 524 g/mol. The second-order valence-corrected chi connectivity index (χ2v) is 12.8. The van der Waals surface area contributed by atoms with Gasteiger partial charge in [-0.3, -0.25) is 0 Å². The second kappa shape index (κ2) is 11.4. The van der Waals surface area contributed by atoms with Crippen LogP contribution in [0.25, 0.3) is 0 Å². The fourth-order valence-corrected chi connectivity index (χ4v) is 10.5. The van der Waals surface area contributed by atoms with Crippen molar-refractivity contribution in [3.63, 3.8) is 0 Å². The predicted octanol–water partition coefficient (Wildman–Crippen LogP) is 2.72.